The van der Waals surface area contributed by atoms with Crippen molar-refractivity contribution in [1.29, 1.82) is 0 Å². The van der Waals surface area contributed by atoms with Crippen molar-refractivity contribution in [1.82, 2.24) is 9.97 Å². The fourth-order valence-corrected chi connectivity index (χ4v) is 1.47. The Labute approximate surface area is 91.8 Å². The van der Waals surface area contributed by atoms with Crippen LogP contribution in [0.4, 0.5) is 4.39 Å². The minimum absolute atomic E-state index is 0.184. The Morgan fingerprint density at radius 3 is 2.73 bits per heavy atom. The van der Waals surface area contributed by atoms with Crippen LogP contribution in [0.3, 0.4) is 0 Å². The molecule has 1 heterocycles. The van der Waals surface area contributed by atoms with E-state index in [9.17, 15) is 4.39 Å². The summed E-state index contributed by atoms with van der Waals surface area (Å²) < 4.78 is 13.3. The maximum Gasteiger partial charge on any atom is 0.222 e. The molecule has 0 bridgehead atoms. The van der Waals surface area contributed by atoms with Gasteiger partial charge in [-0.1, -0.05) is 18.2 Å². The largest absolute Gasteiger partial charge is 0.227 e. The van der Waals surface area contributed by atoms with Crippen molar-refractivity contribution in [3.05, 3.63) is 58.9 Å². The standard InChI is InChI=1S/C11H8ClFN2/c12-11-14-6-5-9(15-11)7-8-3-1-2-4-10(8)13/h1-6H,7H2. The first-order valence-electron chi connectivity index (χ1n) is 4.46. The number of hydrogen-bond donors (Lipinski definition) is 0. The molecule has 0 radical (unpaired) electrons. The van der Waals surface area contributed by atoms with Crippen molar-refractivity contribution in [2.45, 2.75) is 6.42 Å². The molecule has 0 aliphatic heterocycles. The van der Waals surface area contributed by atoms with Crippen LogP contribution in [0.2, 0.25) is 5.28 Å². The number of aromatic nitrogens is 2. The molecular weight excluding hydrogens is 215 g/mol. The molecule has 2 rings (SSSR count). The van der Waals surface area contributed by atoms with E-state index < -0.39 is 0 Å². The van der Waals surface area contributed by atoms with E-state index in [-0.39, 0.29) is 11.1 Å². The van der Waals surface area contributed by atoms with Crippen LogP contribution >= 0.6 is 11.6 Å². The highest BCUT2D eigenvalue weighted by atomic mass is 35.5. The highest BCUT2D eigenvalue weighted by Crippen LogP contribution is 2.12. The molecule has 4 heteroatoms. The summed E-state index contributed by atoms with van der Waals surface area (Å²) in [6, 6.07) is 8.33. The summed E-state index contributed by atoms with van der Waals surface area (Å²) in [4.78, 5) is 7.76. The third-order valence-corrected chi connectivity index (χ3v) is 2.20. The summed E-state index contributed by atoms with van der Waals surface area (Å²) in [6.07, 6.45) is 1.99. The molecule has 0 unspecified atom stereocenters. The van der Waals surface area contributed by atoms with Gasteiger partial charge in [-0.05, 0) is 29.3 Å². The molecule has 0 aliphatic rings. The van der Waals surface area contributed by atoms with Gasteiger partial charge in [-0.25, -0.2) is 14.4 Å². The lowest BCUT2D eigenvalue weighted by atomic mass is 10.1. The van der Waals surface area contributed by atoms with Crippen molar-refractivity contribution in [3.63, 3.8) is 0 Å². The van der Waals surface area contributed by atoms with Gasteiger partial charge in [0.15, 0.2) is 0 Å². The summed E-state index contributed by atoms with van der Waals surface area (Å²) in [6.45, 7) is 0. The van der Waals surface area contributed by atoms with E-state index in [1.54, 1.807) is 30.5 Å². The molecule has 0 aliphatic carbocycles. The molecule has 0 saturated heterocycles. The van der Waals surface area contributed by atoms with Gasteiger partial charge < -0.3 is 0 Å². The van der Waals surface area contributed by atoms with E-state index in [0.29, 0.717) is 17.7 Å². The lowest BCUT2D eigenvalue weighted by molar-refractivity contribution is 0.613. The SMILES string of the molecule is Fc1ccccc1Cc1ccnc(Cl)n1. The molecule has 0 saturated carbocycles. The molecule has 15 heavy (non-hydrogen) atoms. The van der Waals surface area contributed by atoms with E-state index in [0.717, 1.165) is 0 Å². The molecular formula is C11H8ClFN2. The van der Waals surface area contributed by atoms with Gasteiger partial charge in [0.1, 0.15) is 5.82 Å². The molecule has 0 atom stereocenters. The number of benzene rings is 1. The Hall–Kier alpha value is -1.48. The maximum atomic E-state index is 13.3. The lowest BCUT2D eigenvalue weighted by Crippen LogP contribution is -1.96. The van der Waals surface area contributed by atoms with Crippen LogP contribution in [0.5, 0.6) is 0 Å². The van der Waals surface area contributed by atoms with Gasteiger partial charge in [0, 0.05) is 18.3 Å². The molecule has 76 valence electrons. The van der Waals surface area contributed by atoms with Crippen LogP contribution in [0.15, 0.2) is 36.5 Å². The van der Waals surface area contributed by atoms with Crippen LogP contribution in [-0.2, 0) is 6.42 Å². The molecule has 2 aromatic rings. The van der Waals surface area contributed by atoms with Crippen molar-refractivity contribution >= 4 is 11.6 Å². The first-order chi connectivity index (χ1) is 7.25. The molecule has 2 nitrogen and oxygen atoms in total. The zero-order valence-corrected chi connectivity index (χ0v) is 8.58. The van der Waals surface area contributed by atoms with Gasteiger partial charge in [-0.15, -0.1) is 0 Å². The molecule has 0 fully saturated rings. The van der Waals surface area contributed by atoms with E-state index >= 15 is 0 Å². The predicted molar refractivity (Wildman–Crippen MR) is 56.2 cm³/mol. The summed E-state index contributed by atoms with van der Waals surface area (Å²) in [7, 11) is 0. The average molecular weight is 223 g/mol. The predicted octanol–water partition coefficient (Wildman–Crippen LogP) is 2.86. The topological polar surface area (TPSA) is 25.8 Å². The highest BCUT2D eigenvalue weighted by Gasteiger charge is 2.03. The first kappa shape index (κ1) is 10.1. The van der Waals surface area contributed by atoms with Gasteiger partial charge in [0.25, 0.3) is 0 Å². The number of hydrogen-bond acceptors (Lipinski definition) is 2. The Morgan fingerprint density at radius 1 is 1.20 bits per heavy atom. The molecule has 0 N–H and O–H groups in total. The Balaban J connectivity index is 2.26. The normalized spacial score (nSPS) is 10.3. The van der Waals surface area contributed by atoms with Crippen LogP contribution < -0.4 is 0 Å². The third-order valence-electron chi connectivity index (χ3n) is 2.01. The van der Waals surface area contributed by atoms with Gasteiger partial charge in [-0.2, -0.15) is 0 Å². The van der Waals surface area contributed by atoms with Gasteiger partial charge in [-0.3, -0.25) is 0 Å². The van der Waals surface area contributed by atoms with E-state index in [2.05, 4.69) is 9.97 Å². The zero-order chi connectivity index (χ0) is 10.7. The summed E-state index contributed by atoms with van der Waals surface area (Å²) in [5.41, 5.74) is 1.31. The van der Waals surface area contributed by atoms with Gasteiger partial charge in [0.2, 0.25) is 5.28 Å². The second-order valence-corrected chi connectivity index (χ2v) is 3.42. The first-order valence-corrected chi connectivity index (χ1v) is 4.84. The summed E-state index contributed by atoms with van der Waals surface area (Å²) in [5, 5.41) is 0.184. The second kappa shape index (κ2) is 4.36. The Kier molecular flexibility index (Phi) is 2.92. The van der Waals surface area contributed by atoms with E-state index in [4.69, 9.17) is 11.6 Å². The third kappa shape index (κ3) is 2.50. The van der Waals surface area contributed by atoms with E-state index in [1.165, 1.54) is 6.07 Å². The molecule has 0 amide bonds. The minimum atomic E-state index is -0.229. The van der Waals surface area contributed by atoms with Gasteiger partial charge >= 0.3 is 0 Å². The van der Waals surface area contributed by atoms with Crippen LogP contribution in [-0.4, -0.2) is 9.97 Å². The maximum absolute atomic E-state index is 13.3. The molecule has 1 aromatic carbocycles. The minimum Gasteiger partial charge on any atom is -0.227 e. The second-order valence-electron chi connectivity index (χ2n) is 3.09. The van der Waals surface area contributed by atoms with Crippen molar-refractivity contribution in [2.24, 2.45) is 0 Å². The quantitative estimate of drug-likeness (QED) is 0.731. The fraction of sp³-hybridized carbons (Fsp3) is 0.0909. The Bertz CT molecular complexity index is 474. The van der Waals surface area contributed by atoms with Crippen molar-refractivity contribution in [2.75, 3.05) is 0 Å². The molecule has 0 spiro atoms. The van der Waals surface area contributed by atoms with E-state index in [1.807, 2.05) is 0 Å². The average Bonchev–Trinajstić information content (AvgIpc) is 2.22. The number of rotatable bonds is 2. The zero-order valence-electron chi connectivity index (χ0n) is 7.82. The fourth-order valence-electron chi connectivity index (χ4n) is 1.30. The Morgan fingerprint density at radius 2 is 2.00 bits per heavy atom. The summed E-state index contributed by atoms with van der Waals surface area (Å²) >= 11 is 5.63. The highest BCUT2D eigenvalue weighted by molar-refractivity contribution is 6.28. The van der Waals surface area contributed by atoms with Gasteiger partial charge in [0.05, 0.1) is 0 Å². The monoisotopic (exact) mass is 222 g/mol. The lowest BCUT2D eigenvalue weighted by Gasteiger charge is -2.02. The van der Waals surface area contributed by atoms with Crippen molar-refractivity contribution in [3.8, 4) is 0 Å². The molecule has 1 aromatic heterocycles. The van der Waals surface area contributed by atoms with Crippen molar-refractivity contribution < 1.29 is 4.39 Å². The van der Waals surface area contributed by atoms with Crippen LogP contribution in [0.25, 0.3) is 0 Å². The number of halogens is 2. The van der Waals surface area contributed by atoms with Crippen LogP contribution in [0.1, 0.15) is 11.3 Å². The summed E-state index contributed by atoms with van der Waals surface area (Å²) in [5.74, 6) is -0.229. The number of nitrogens with zero attached hydrogens (tertiary/aromatic N) is 2. The smallest absolute Gasteiger partial charge is 0.222 e. The van der Waals surface area contributed by atoms with Crippen LogP contribution in [0, 0.1) is 5.82 Å².